The van der Waals surface area contributed by atoms with Crippen LogP contribution in [-0.2, 0) is 10.0 Å². The maximum atomic E-state index is 11.9. The summed E-state index contributed by atoms with van der Waals surface area (Å²) in [5.41, 5.74) is 5.38. The molecule has 0 radical (unpaired) electrons. The van der Waals surface area contributed by atoms with Gasteiger partial charge in [0.15, 0.2) is 0 Å². The predicted octanol–water partition coefficient (Wildman–Crippen LogP) is 0.272. The topological polar surface area (TPSA) is 75.4 Å². The van der Waals surface area contributed by atoms with Gasteiger partial charge in [-0.1, -0.05) is 0 Å². The lowest BCUT2D eigenvalue weighted by molar-refractivity contribution is 0.176. The molecular weight excluding hydrogens is 250 g/mol. The van der Waals surface area contributed by atoms with Crippen molar-refractivity contribution in [2.75, 3.05) is 25.4 Å². The quantitative estimate of drug-likeness (QED) is 0.682. The summed E-state index contributed by atoms with van der Waals surface area (Å²) < 4.78 is 26.7. The van der Waals surface area contributed by atoms with E-state index in [0.29, 0.717) is 19.0 Å². The number of hydrogen-bond donors (Lipinski definition) is 2. The molecule has 0 bridgehead atoms. The Labute approximate surface area is 110 Å². The van der Waals surface area contributed by atoms with E-state index in [-0.39, 0.29) is 11.8 Å². The van der Waals surface area contributed by atoms with Crippen LogP contribution in [0.15, 0.2) is 0 Å². The number of nitrogens with one attached hydrogen (secondary N) is 1. The van der Waals surface area contributed by atoms with Crippen LogP contribution < -0.4 is 10.5 Å². The smallest absolute Gasteiger partial charge is 0.211 e. The third kappa shape index (κ3) is 3.91. The van der Waals surface area contributed by atoms with Gasteiger partial charge >= 0.3 is 0 Å². The number of rotatable bonds is 6. The molecule has 0 spiro atoms. The molecule has 0 aliphatic carbocycles. The molecule has 0 saturated carbocycles. The van der Waals surface area contributed by atoms with Gasteiger partial charge in [-0.2, -0.15) is 0 Å². The van der Waals surface area contributed by atoms with Crippen LogP contribution in [-0.4, -0.2) is 50.8 Å². The van der Waals surface area contributed by atoms with Crippen LogP contribution in [0, 0.1) is 0 Å². The Morgan fingerprint density at radius 3 is 2.83 bits per heavy atom. The molecule has 5 nitrogen and oxygen atoms in total. The zero-order valence-electron chi connectivity index (χ0n) is 11.0. The van der Waals surface area contributed by atoms with E-state index in [9.17, 15) is 8.42 Å². The second-order valence-electron chi connectivity index (χ2n) is 5.49. The average molecular weight is 275 g/mol. The first-order valence-electron chi connectivity index (χ1n) is 7.05. The van der Waals surface area contributed by atoms with Crippen LogP contribution in [0.2, 0.25) is 0 Å². The molecule has 2 unspecified atom stereocenters. The van der Waals surface area contributed by atoms with Crippen LogP contribution in [0.25, 0.3) is 0 Å². The van der Waals surface area contributed by atoms with Gasteiger partial charge in [-0.15, -0.1) is 0 Å². The number of nitrogens with zero attached hydrogens (tertiary/aromatic N) is 1. The van der Waals surface area contributed by atoms with Crippen LogP contribution >= 0.6 is 0 Å². The molecule has 2 fully saturated rings. The van der Waals surface area contributed by atoms with Crippen LogP contribution in [0.5, 0.6) is 0 Å². The first kappa shape index (κ1) is 14.2. The Balaban J connectivity index is 1.78. The second-order valence-corrected chi connectivity index (χ2v) is 7.36. The van der Waals surface area contributed by atoms with E-state index in [0.717, 1.165) is 25.8 Å². The average Bonchev–Trinajstić information content (AvgIpc) is 2.75. The molecule has 2 aliphatic rings. The van der Waals surface area contributed by atoms with E-state index >= 15 is 0 Å². The first-order valence-corrected chi connectivity index (χ1v) is 8.70. The van der Waals surface area contributed by atoms with Crippen molar-refractivity contribution in [1.82, 2.24) is 9.62 Å². The fourth-order valence-electron chi connectivity index (χ4n) is 3.08. The maximum absolute atomic E-state index is 11.9. The van der Waals surface area contributed by atoms with Crippen LogP contribution in [0.3, 0.4) is 0 Å². The van der Waals surface area contributed by atoms with Gasteiger partial charge in [-0.25, -0.2) is 13.1 Å². The number of piperidine rings is 1. The van der Waals surface area contributed by atoms with E-state index in [4.69, 9.17) is 5.73 Å². The molecule has 6 heteroatoms. The maximum Gasteiger partial charge on any atom is 0.211 e. The van der Waals surface area contributed by atoms with Crippen molar-refractivity contribution in [1.29, 1.82) is 0 Å². The van der Waals surface area contributed by atoms with E-state index < -0.39 is 10.0 Å². The summed E-state index contributed by atoms with van der Waals surface area (Å²) in [6, 6.07) is 0.753. The molecule has 18 heavy (non-hydrogen) atoms. The zero-order chi connectivity index (χ0) is 13.0. The Morgan fingerprint density at radius 1 is 1.22 bits per heavy atom. The summed E-state index contributed by atoms with van der Waals surface area (Å²) in [6.45, 7) is 2.80. The molecule has 0 amide bonds. The van der Waals surface area contributed by atoms with Crippen LogP contribution in [0.4, 0.5) is 0 Å². The van der Waals surface area contributed by atoms with E-state index in [1.165, 1.54) is 19.4 Å². The van der Waals surface area contributed by atoms with Gasteiger partial charge in [0.05, 0.1) is 5.75 Å². The second kappa shape index (κ2) is 6.32. The normalized spacial score (nSPS) is 29.4. The standard InChI is InChI=1S/C12H25N3O2S/c13-6-1-2-9-18(16,17)14-11-5-8-15-7-3-4-12(15)10-11/h11-12,14H,1-10,13H2. The van der Waals surface area contributed by atoms with Crippen molar-refractivity contribution >= 4 is 10.0 Å². The van der Waals surface area contributed by atoms with Crippen molar-refractivity contribution in [3.63, 3.8) is 0 Å². The number of fused-ring (bicyclic) bond motifs is 1. The zero-order valence-corrected chi connectivity index (χ0v) is 11.8. The van der Waals surface area contributed by atoms with Crippen molar-refractivity contribution in [2.45, 2.75) is 50.6 Å². The van der Waals surface area contributed by atoms with Crippen LogP contribution in [0.1, 0.15) is 38.5 Å². The minimum atomic E-state index is -3.11. The number of sulfonamides is 1. The monoisotopic (exact) mass is 275 g/mol. The number of hydrogen-bond acceptors (Lipinski definition) is 4. The largest absolute Gasteiger partial charge is 0.330 e. The lowest BCUT2D eigenvalue weighted by atomic mass is 9.99. The van der Waals surface area contributed by atoms with Gasteiger partial charge in [0.1, 0.15) is 0 Å². The molecule has 106 valence electrons. The van der Waals surface area contributed by atoms with Crippen molar-refractivity contribution in [2.24, 2.45) is 5.73 Å². The summed E-state index contributed by atoms with van der Waals surface area (Å²) in [4.78, 5) is 2.50. The van der Waals surface area contributed by atoms with Crippen molar-refractivity contribution in [3.05, 3.63) is 0 Å². The summed E-state index contributed by atoms with van der Waals surface area (Å²) in [5, 5.41) is 0. The van der Waals surface area contributed by atoms with E-state index in [1.54, 1.807) is 0 Å². The lowest BCUT2D eigenvalue weighted by Crippen LogP contribution is -2.47. The van der Waals surface area contributed by atoms with Gasteiger partial charge in [-0.3, -0.25) is 0 Å². The molecule has 2 atom stereocenters. The third-order valence-corrected chi connectivity index (χ3v) is 5.55. The van der Waals surface area contributed by atoms with Gasteiger partial charge < -0.3 is 10.6 Å². The summed E-state index contributed by atoms with van der Waals surface area (Å²) in [7, 11) is -3.11. The molecular formula is C12H25N3O2S. The molecule has 0 aromatic carbocycles. The summed E-state index contributed by atoms with van der Waals surface area (Å²) in [6.07, 6.45) is 5.87. The van der Waals surface area contributed by atoms with Gasteiger partial charge in [0.25, 0.3) is 0 Å². The lowest BCUT2D eigenvalue weighted by Gasteiger charge is -2.34. The van der Waals surface area contributed by atoms with Gasteiger partial charge in [0.2, 0.25) is 10.0 Å². The van der Waals surface area contributed by atoms with E-state index in [2.05, 4.69) is 9.62 Å². The van der Waals surface area contributed by atoms with Crippen molar-refractivity contribution in [3.8, 4) is 0 Å². The highest BCUT2D eigenvalue weighted by Gasteiger charge is 2.33. The number of nitrogens with two attached hydrogens (primary N) is 1. The Bertz CT molecular complexity index is 358. The van der Waals surface area contributed by atoms with Crippen molar-refractivity contribution < 1.29 is 8.42 Å². The molecule has 2 aliphatic heterocycles. The molecule has 0 aromatic rings. The number of unbranched alkanes of at least 4 members (excludes halogenated alkanes) is 1. The summed E-state index contributed by atoms with van der Waals surface area (Å²) >= 11 is 0. The highest BCUT2D eigenvalue weighted by molar-refractivity contribution is 7.89. The SMILES string of the molecule is NCCCCS(=O)(=O)NC1CCN2CCCC2C1. The molecule has 2 heterocycles. The first-order chi connectivity index (χ1) is 8.61. The molecule has 0 aromatic heterocycles. The minimum absolute atomic E-state index is 0.146. The fourth-order valence-corrected chi connectivity index (χ4v) is 4.50. The van der Waals surface area contributed by atoms with Gasteiger partial charge in [-0.05, 0) is 58.2 Å². The molecule has 2 saturated heterocycles. The predicted molar refractivity (Wildman–Crippen MR) is 72.8 cm³/mol. The van der Waals surface area contributed by atoms with Gasteiger partial charge in [0, 0.05) is 12.1 Å². The minimum Gasteiger partial charge on any atom is -0.330 e. The highest BCUT2D eigenvalue weighted by atomic mass is 32.2. The Hall–Kier alpha value is -0.170. The Morgan fingerprint density at radius 2 is 2.06 bits per heavy atom. The third-order valence-electron chi connectivity index (χ3n) is 4.03. The van der Waals surface area contributed by atoms with E-state index in [1.807, 2.05) is 0 Å². The highest BCUT2D eigenvalue weighted by Crippen LogP contribution is 2.27. The molecule has 3 N–H and O–H groups in total. The summed E-state index contributed by atoms with van der Waals surface area (Å²) in [5.74, 6) is 0.217. The fraction of sp³-hybridized carbons (Fsp3) is 1.00. The molecule has 2 rings (SSSR count). The Kier molecular flexibility index (Phi) is 5.00.